The molecule has 0 N–H and O–H groups in total. The summed E-state index contributed by atoms with van der Waals surface area (Å²) in [5.74, 6) is 0. The maximum Gasteiger partial charge on any atom is 0.129 e. The van der Waals surface area contributed by atoms with Crippen molar-refractivity contribution in [1.82, 2.24) is 9.80 Å². The molecule has 0 aromatic rings. The fourth-order valence-corrected chi connectivity index (χ4v) is 3.75. The molecule has 2 bridgehead atoms. The molecule has 17 heavy (non-hydrogen) atoms. The number of rotatable bonds is 0. The third-order valence-corrected chi connectivity index (χ3v) is 4.63. The van der Waals surface area contributed by atoms with Gasteiger partial charge >= 0.3 is 0 Å². The van der Waals surface area contributed by atoms with Crippen molar-refractivity contribution in [3.05, 3.63) is 24.0 Å². The average molecular weight is 232 g/mol. The molecule has 3 heterocycles. The Morgan fingerprint density at radius 3 is 3.29 bits per heavy atom. The van der Waals surface area contributed by atoms with Crippen molar-refractivity contribution in [1.29, 1.82) is 0 Å². The van der Waals surface area contributed by atoms with E-state index >= 15 is 0 Å². The van der Waals surface area contributed by atoms with Gasteiger partial charge in [-0.15, -0.1) is 0 Å². The van der Waals surface area contributed by atoms with Crippen LogP contribution in [0.3, 0.4) is 0 Å². The molecule has 3 atom stereocenters. The van der Waals surface area contributed by atoms with Gasteiger partial charge in [0, 0.05) is 24.5 Å². The van der Waals surface area contributed by atoms with Crippen LogP contribution in [0.2, 0.25) is 0 Å². The van der Waals surface area contributed by atoms with Crippen molar-refractivity contribution >= 4 is 0 Å². The normalized spacial score (nSPS) is 40.6. The lowest BCUT2D eigenvalue weighted by Gasteiger charge is -2.53. The molecule has 1 aliphatic carbocycles. The second-order valence-corrected chi connectivity index (χ2v) is 5.67. The van der Waals surface area contributed by atoms with E-state index in [1.165, 1.54) is 31.4 Å². The molecular weight excluding hydrogens is 212 g/mol. The Morgan fingerprint density at radius 2 is 2.29 bits per heavy atom. The second-order valence-electron chi connectivity index (χ2n) is 5.67. The molecule has 2 saturated heterocycles. The molecule has 4 rings (SSSR count). The average Bonchev–Trinajstić information content (AvgIpc) is 2.37. The van der Waals surface area contributed by atoms with Crippen molar-refractivity contribution in [2.45, 2.75) is 50.5 Å². The molecule has 0 aromatic heterocycles. The number of hydrogen-bond donors (Lipinski definition) is 0. The molecule has 3 unspecified atom stereocenters. The van der Waals surface area contributed by atoms with Crippen LogP contribution in [0.15, 0.2) is 24.0 Å². The third-order valence-electron chi connectivity index (χ3n) is 4.63. The summed E-state index contributed by atoms with van der Waals surface area (Å²) >= 11 is 0. The number of piperazine rings is 1. The molecular formula is C14H20N2O. The Bertz CT molecular complexity index is 376. The Balaban J connectivity index is 1.59. The highest BCUT2D eigenvalue weighted by molar-refractivity contribution is 5.18. The van der Waals surface area contributed by atoms with Gasteiger partial charge < -0.3 is 9.64 Å². The molecule has 0 aromatic carbocycles. The number of hydrogen-bond acceptors (Lipinski definition) is 3. The van der Waals surface area contributed by atoms with Crippen LogP contribution >= 0.6 is 0 Å². The first-order valence-corrected chi connectivity index (χ1v) is 6.94. The van der Waals surface area contributed by atoms with Gasteiger partial charge in [-0.05, 0) is 32.1 Å². The quantitative estimate of drug-likeness (QED) is 0.636. The van der Waals surface area contributed by atoms with E-state index in [0.717, 1.165) is 25.6 Å². The van der Waals surface area contributed by atoms with E-state index in [9.17, 15) is 0 Å². The third kappa shape index (κ3) is 1.64. The SMILES string of the molecule is C1=CN2CC3OC4CCCC(C4)N3CC2=CC1. The van der Waals surface area contributed by atoms with E-state index in [1.807, 2.05) is 0 Å². The standard InChI is InChI=1S/C14H20N2O/c1-2-7-15-10-14-16(9-12(15)4-1)11-5-3-6-13(8-11)17-14/h2,4,7,11,13-14H,1,3,5-6,8-10H2. The predicted molar refractivity (Wildman–Crippen MR) is 66.2 cm³/mol. The topological polar surface area (TPSA) is 15.7 Å². The lowest BCUT2D eigenvalue weighted by molar-refractivity contribution is -0.190. The lowest BCUT2D eigenvalue weighted by Crippen LogP contribution is -2.61. The molecule has 0 amide bonds. The largest absolute Gasteiger partial charge is 0.358 e. The van der Waals surface area contributed by atoms with Crippen molar-refractivity contribution in [3.63, 3.8) is 0 Å². The molecule has 0 spiro atoms. The van der Waals surface area contributed by atoms with Crippen LogP contribution in [0.5, 0.6) is 0 Å². The van der Waals surface area contributed by atoms with Gasteiger partial charge in [0.2, 0.25) is 0 Å². The summed E-state index contributed by atoms with van der Waals surface area (Å²) in [7, 11) is 0. The van der Waals surface area contributed by atoms with Gasteiger partial charge in [-0.25, -0.2) is 0 Å². The Kier molecular flexibility index (Phi) is 2.30. The highest BCUT2D eigenvalue weighted by Gasteiger charge is 2.42. The minimum atomic E-state index is 0.332. The van der Waals surface area contributed by atoms with Gasteiger partial charge in [-0.2, -0.15) is 0 Å². The van der Waals surface area contributed by atoms with Crippen molar-refractivity contribution in [3.8, 4) is 0 Å². The highest BCUT2D eigenvalue weighted by atomic mass is 16.5. The van der Waals surface area contributed by atoms with Crippen LogP contribution < -0.4 is 0 Å². The van der Waals surface area contributed by atoms with E-state index in [2.05, 4.69) is 28.2 Å². The summed E-state index contributed by atoms with van der Waals surface area (Å²) in [6.45, 7) is 2.11. The molecule has 4 aliphatic rings. The van der Waals surface area contributed by atoms with E-state index in [0.29, 0.717) is 12.3 Å². The molecule has 3 aliphatic heterocycles. The van der Waals surface area contributed by atoms with Gasteiger partial charge in [0.25, 0.3) is 0 Å². The lowest BCUT2D eigenvalue weighted by atomic mass is 9.89. The summed E-state index contributed by atoms with van der Waals surface area (Å²) < 4.78 is 6.23. The predicted octanol–water partition coefficient (Wildman–Crippen LogP) is 2.07. The number of allylic oxidation sites excluding steroid dienone is 2. The van der Waals surface area contributed by atoms with Crippen molar-refractivity contribution in [2.24, 2.45) is 0 Å². The maximum absolute atomic E-state index is 6.23. The van der Waals surface area contributed by atoms with Gasteiger partial charge in [-0.1, -0.05) is 12.2 Å². The van der Waals surface area contributed by atoms with Crippen LogP contribution in [0, 0.1) is 0 Å². The first-order chi connectivity index (χ1) is 8.40. The van der Waals surface area contributed by atoms with Crippen LogP contribution in [-0.4, -0.2) is 41.3 Å². The molecule has 1 saturated carbocycles. The van der Waals surface area contributed by atoms with Crippen molar-refractivity contribution in [2.75, 3.05) is 13.1 Å². The smallest absolute Gasteiger partial charge is 0.129 e. The summed E-state index contributed by atoms with van der Waals surface area (Å²) in [6, 6.07) is 0.779. The van der Waals surface area contributed by atoms with Crippen LogP contribution in [0.1, 0.15) is 32.1 Å². The first-order valence-electron chi connectivity index (χ1n) is 6.94. The molecule has 0 radical (unpaired) electrons. The Labute approximate surface area is 103 Å². The highest BCUT2D eigenvalue weighted by Crippen LogP contribution is 2.36. The van der Waals surface area contributed by atoms with Crippen LogP contribution in [-0.2, 0) is 4.74 Å². The Hall–Kier alpha value is -0.800. The summed E-state index contributed by atoms with van der Waals surface area (Å²) in [5, 5.41) is 0. The first kappa shape index (κ1) is 10.2. The number of ether oxygens (including phenoxy) is 1. The molecule has 3 heteroatoms. The minimum Gasteiger partial charge on any atom is -0.358 e. The van der Waals surface area contributed by atoms with E-state index in [4.69, 9.17) is 4.74 Å². The summed E-state index contributed by atoms with van der Waals surface area (Å²) in [4.78, 5) is 4.99. The van der Waals surface area contributed by atoms with Gasteiger partial charge in [0.15, 0.2) is 0 Å². The van der Waals surface area contributed by atoms with Crippen molar-refractivity contribution < 1.29 is 4.74 Å². The van der Waals surface area contributed by atoms with E-state index < -0.39 is 0 Å². The monoisotopic (exact) mass is 232 g/mol. The fourth-order valence-electron chi connectivity index (χ4n) is 3.75. The zero-order chi connectivity index (χ0) is 11.2. The molecule has 92 valence electrons. The van der Waals surface area contributed by atoms with E-state index in [1.54, 1.807) is 0 Å². The number of fused-ring (bicyclic) bond motifs is 5. The van der Waals surface area contributed by atoms with Gasteiger partial charge in [-0.3, -0.25) is 4.90 Å². The van der Waals surface area contributed by atoms with Gasteiger partial charge in [0.1, 0.15) is 6.23 Å². The van der Waals surface area contributed by atoms with Crippen LogP contribution in [0.25, 0.3) is 0 Å². The molecule has 3 fully saturated rings. The second kappa shape index (κ2) is 3.85. The number of nitrogens with zero attached hydrogens (tertiary/aromatic N) is 2. The fraction of sp³-hybridized carbons (Fsp3) is 0.714. The maximum atomic E-state index is 6.23. The summed E-state index contributed by atoms with van der Waals surface area (Å²) in [5.41, 5.74) is 1.48. The minimum absolute atomic E-state index is 0.332. The summed E-state index contributed by atoms with van der Waals surface area (Å²) in [6.07, 6.45) is 14.1. The van der Waals surface area contributed by atoms with Crippen LogP contribution in [0.4, 0.5) is 0 Å². The zero-order valence-corrected chi connectivity index (χ0v) is 10.2. The zero-order valence-electron chi connectivity index (χ0n) is 10.2. The van der Waals surface area contributed by atoms with Gasteiger partial charge in [0.05, 0.1) is 12.6 Å². The Morgan fingerprint density at radius 1 is 1.29 bits per heavy atom. The van der Waals surface area contributed by atoms with E-state index in [-0.39, 0.29) is 0 Å². The molecule has 3 nitrogen and oxygen atoms in total.